The summed E-state index contributed by atoms with van der Waals surface area (Å²) in [5, 5.41) is 25.7. The molecule has 0 saturated heterocycles. The number of allylic oxidation sites excluding steroid dienone is 1. The van der Waals surface area contributed by atoms with Crippen molar-refractivity contribution in [2.75, 3.05) is 5.75 Å². The second kappa shape index (κ2) is 4.89. The molecule has 0 saturated carbocycles. The predicted octanol–water partition coefficient (Wildman–Crippen LogP) is 1.68. The highest BCUT2D eigenvalue weighted by molar-refractivity contribution is 8.03. The zero-order valence-electron chi connectivity index (χ0n) is 5.59. The van der Waals surface area contributed by atoms with Gasteiger partial charge in [-0.3, -0.25) is 0 Å². The first-order valence-corrected chi connectivity index (χ1v) is 3.61. The Morgan fingerprint density at radius 3 is 2.90 bits per heavy atom. The van der Waals surface area contributed by atoms with Gasteiger partial charge in [0, 0.05) is 5.71 Å². The van der Waals surface area contributed by atoms with E-state index in [2.05, 4.69) is 0 Å². The van der Waals surface area contributed by atoms with Gasteiger partial charge in [-0.2, -0.15) is 5.26 Å². The van der Waals surface area contributed by atoms with Crippen LogP contribution in [0.25, 0.3) is 0 Å². The van der Waals surface area contributed by atoms with E-state index in [0.29, 0.717) is 0 Å². The average molecular weight is 156 g/mol. The van der Waals surface area contributed by atoms with E-state index < -0.39 is 0 Å². The maximum absolute atomic E-state index is 8.90. The number of thioether (sulfide) groups is 1. The lowest BCUT2D eigenvalue weighted by Crippen LogP contribution is -1.89. The lowest BCUT2D eigenvalue weighted by molar-refractivity contribution is 0.418. The standard InChI is InChI=1S/C6H8N2OS/c1-5(8)2-6(9)3-10-4-7/h2,8-9H,3H2,1H3/b6-2-,8-5?. The number of rotatable bonds is 3. The van der Waals surface area contributed by atoms with Crippen LogP contribution in [0.4, 0.5) is 0 Å². The van der Waals surface area contributed by atoms with Gasteiger partial charge in [0.2, 0.25) is 0 Å². The van der Waals surface area contributed by atoms with E-state index in [9.17, 15) is 0 Å². The molecule has 10 heavy (non-hydrogen) atoms. The minimum atomic E-state index is 0.0686. The lowest BCUT2D eigenvalue weighted by Gasteiger charge is -1.91. The van der Waals surface area contributed by atoms with Gasteiger partial charge >= 0.3 is 0 Å². The highest BCUT2D eigenvalue weighted by Gasteiger charge is 1.92. The van der Waals surface area contributed by atoms with E-state index in [0.717, 1.165) is 11.8 Å². The normalized spacial score (nSPS) is 10.6. The summed E-state index contributed by atoms with van der Waals surface area (Å²) in [6.45, 7) is 1.56. The molecule has 4 heteroatoms. The molecular formula is C6H8N2OS. The van der Waals surface area contributed by atoms with Crippen molar-refractivity contribution in [2.45, 2.75) is 6.92 Å². The van der Waals surface area contributed by atoms with Gasteiger partial charge in [-0.25, -0.2) is 0 Å². The molecule has 0 spiro atoms. The van der Waals surface area contributed by atoms with Crippen molar-refractivity contribution in [3.63, 3.8) is 0 Å². The van der Waals surface area contributed by atoms with E-state index in [1.54, 1.807) is 6.92 Å². The van der Waals surface area contributed by atoms with Gasteiger partial charge < -0.3 is 10.5 Å². The fourth-order valence-corrected chi connectivity index (χ4v) is 0.694. The monoisotopic (exact) mass is 156 g/mol. The topological polar surface area (TPSA) is 67.9 Å². The Labute approximate surface area is 63.9 Å². The maximum atomic E-state index is 8.90. The third-order valence-electron chi connectivity index (χ3n) is 0.668. The van der Waals surface area contributed by atoms with Crippen LogP contribution >= 0.6 is 11.8 Å². The number of hydrogen-bond donors (Lipinski definition) is 2. The highest BCUT2D eigenvalue weighted by atomic mass is 32.2. The Morgan fingerprint density at radius 2 is 2.50 bits per heavy atom. The van der Waals surface area contributed by atoms with Crippen molar-refractivity contribution >= 4 is 17.5 Å². The third-order valence-corrected chi connectivity index (χ3v) is 1.24. The van der Waals surface area contributed by atoms with Crippen molar-refractivity contribution in [1.82, 2.24) is 0 Å². The van der Waals surface area contributed by atoms with Crippen molar-refractivity contribution in [2.24, 2.45) is 0 Å². The van der Waals surface area contributed by atoms with Crippen LogP contribution in [-0.2, 0) is 0 Å². The Morgan fingerprint density at radius 1 is 1.90 bits per heavy atom. The zero-order chi connectivity index (χ0) is 7.98. The Kier molecular flexibility index (Phi) is 4.42. The summed E-state index contributed by atoms with van der Waals surface area (Å²) in [6.07, 6.45) is 1.32. The molecule has 0 rings (SSSR count). The van der Waals surface area contributed by atoms with Crippen molar-refractivity contribution in [3.05, 3.63) is 11.8 Å². The Hall–Kier alpha value is -0.950. The first-order chi connectivity index (χ1) is 4.66. The molecule has 0 aliphatic carbocycles. The molecule has 0 aromatic rings. The summed E-state index contributed by atoms with van der Waals surface area (Å²) in [5.74, 6) is 0.325. The minimum Gasteiger partial charge on any atom is -0.511 e. The van der Waals surface area contributed by atoms with Crippen molar-refractivity contribution in [1.29, 1.82) is 10.7 Å². The summed E-state index contributed by atoms with van der Waals surface area (Å²) >= 11 is 0.949. The lowest BCUT2D eigenvalue weighted by atomic mass is 10.4. The van der Waals surface area contributed by atoms with Crippen molar-refractivity contribution in [3.8, 4) is 5.40 Å². The van der Waals surface area contributed by atoms with Crippen LogP contribution in [-0.4, -0.2) is 16.6 Å². The first-order valence-electron chi connectivity index (χ1n) is 2.62. The van der Waals surface area contributed by atoms with Crippen LogP contribution in [0.3, 0.4) is 0 Å². The van der Waals surface area contributed by atoms with Gasteiger partial charge in [0.1, 0.15) is 11.2 Å². The summed E-state index contributed by atoms with van der Waals surface area (Å²) in [7, 11) is 0. The Bertz CT molecular complexity index is 192. The number of nitriles is 1. The number of aliphatic hydroxyl groups excluding tert-OH is 1. The van der Waals surface area contributed by atoms with Crippen LogP contribution < -0.4 is 0 Å². The number of nitrogens with zero attached hydrogens (tertiary/aromatic N) is 1. The molecule has 0 bridgehead atoms. The molecule has 54 valence electrons. The van der Waals surface area contributed by atoms with E-state index in [1.807, 2.05) is 5.40 Å². The number of nitrogens with one attached hydrogen (secondary N) is 1. The maximum Gasteiger partial charge on any atom is 0.133 e. The van der Waals surface area contributed by atoms with Crippen LogP contribution in [0.5, 0.6) is 0 Å². The van der Waals surface area contributed by atoms with Crippen LogP contribution in [0.1, 0.15) is 6.92 Å². The number of thiocyanates is 1. The molecule has 0 aliphatic heterocycles. The molecule has 0 heterocycles. The van der Waals surface area contributed by atoms with Crippen LogP contribution in [0.2, 0.25) is 0 Å². The third kappa shape index (κ3) is 5.19. The SMILES string of the molecule is CC(=N)/C=C(\O)CSC#N. The molecule has 0 radical (unpaired) electrons. The van der Waals surface area contributed by atoms with Gasteiger partial charge in [-0.15, -0.1) is 0 Å². The largest absolute Gasteiger partial charge is 0.511 e. The van der Waals surface area contributed by atoms with Gasteiger partial charge in [-0.1, -0.05) is 0 Å². The Balaban J connectivity index is 3.74. The fourth-order valence-electron chi connectivity index (χ4n) is 0.398. The highest BCUT2D eigenvalue weighted by Crippen LogP contribution is 2.02. The number of hydrogen-bond acceptors (Lipinski definition) is 4. The molecule has 0 aromatic heterocycles. The molecule has 0 amide bonds. The molecule has 0 atom stereocenters. The molecule has 0 aromatic carbocycles. The van der Waals surface area contributed by atoms with Gasteiger partial charge in [0.25, 0.3) is 0 Å². The van der Waals surface area contributed by atoms with E-state index in [-0.39, 0.29) is 17.2 Å². The zero-order valence-corrected chi connectivity index (χ0v) is 6.40. The predicted molar refractivity (Wildman–Crippen MR) is 42.2 cm³/mol. The minimum absolute atomic E-state index is 0.0686. The second-order valence-corrected chi connectivity index (χ2v) is 2.46. The molecule has 0 aliphatic rings. The van der Waals surface area contributed by atoms with Crippen LogP contribution in [0.15, 0.2) is 11.8 Å². The summed E-state index contributed by atoms with van der Waals surface area (Å²) in [4.78, 5) is 0. The van der Waals surface area contributed by atoms with E-state index in [4.69, 9.17) is 15.8 Å². The quantitative estimate of drug-likeness (QED) is 0.371. The fraction of sp³-hybridized carbons (Fsp3) is 0.333. The van der Waals surface area contributed by atoms with E-state index in [1.165, 1.54) is 6.08 Å². The van der Waals surface area contributed by atoms with Gasteiger partial charge in [0.05, 0.1) is 5.75 Å². The summed E-state index contributed by atoms with van der Waals surface area (Å²) in [5.41, 5.74) is 0.288. The van der Waals surface area contributed by atoms with Crippen LogP contribution in [0, 0.1) is 16.1 Å². The first kappa shape index (κ1) is 9.05. The number of aliphatic hydroxyl groups is 1. The van der Waals surface area contributed by atoms with Gasteiger partial charge in [0.15, 0.2) is 0 Å². The molecule has 0 fully saturated rings. The molecular weight excluding hydrogens is 148 g/mol. The second-order valence-electron chi connectivity index (χ2n) is 1.70. The van der Waals surface area contributed by atoms with E-state index >= 15 is 0 Å². The smallest absolute Gasteiger partial charge is 0.133 e. The molecule has 0 unspecified atom stereocenters. The summed E-state index contributed by atoms with van der Waals surface area (Å²) < 4.78 is 0. The molecule has 3 nitrogen and oxygen atoms in total. The van der Waals surface area contributed by atoms with Gasteiger partial charge in [-0.05, 0) is 24.8 Å². The molecule has 2 N–H and O–H groups in total. The van der Waals surface area contributed by atoms with Crippen molar-refractivity contribution < 1.29 is 5.11 Å². The average Bonchev–Trinajstić information content (AvgIpc) is 1.82. The summed E-state index contributed by atoms with van der Waals surface area (Å²) in [6, 6.07) is 0.